The van der Waals surface area contributed by atoms with E-state index in [0.717, 1.165) is 32.6 Å². The van der Waals surface area contributed by atoms with E-state index in [1.165, 1.54) is 12.8 Å². The molecule has 21 heavy (non-hydrogen) atoms. The molecule has 0 aliphatic heterocycles. The molecule has 0 amide bonds. The van der Waals surface area contributed by atoms with Crippen molar-refractivity contribution in [3.05, 3.63) is 46.5 Å². The topological polar surface area (TPSA) is 63.8 Å². The molecule has 1 fully saturated rings. The highest BCUT2D eigenvalue weighted by molar-refractivity contribution is 9.10. The van der Waals surface area contributed by atoms with Gasteiger partial charge >= 0.3 is 0 Å². The molecule has 3 aromatic rings. The highest BCUT2D eigenvalue weighted by atomic mass is 79.9. The molecule has 0 spiro atoms. The third-order valence-corrected chi connectivity index (χ3v) is 4.23. The van der Waals surface area contributed by atoms with Crippen LogP contribution < -0.4 is 5.32 Å². The Morgan fingerprint density at radius 2 is 2.24 bits per heavy atom. The van der Waals surface area contributed by atoms with Gasteiger partial charge < -0.3 is 9.84 Å². The lowest BCUT2D eigenvalue weighted by atomic mass is 10.2. The maximum atomic E-state index is 5.35. The van der Waals surface area contributed by atoms with Gasteiger partial charge in [0.15, 0.2) is 11.6 Å². The van der Waals surface area contributed by atoms with Gasteiger partial charge in [-0.05, 0) is 40.9 Å². The summed E-state index contributed by atoms with van der Waals surface area (Å²) >= 11 is 3.49. The molecule has 3 aromatic heterocycles. The zero-order valence-electron chi connectivity index (χ0n) is 11.2. The average Bonchev–Trinajstić information content (AvgIpc) is 3.26. The molecule has 6 heteroatoms. The third kappa shape index (κ3) is 2.51. The number of hydrogen-bond acceptors (Lipinski definition) is 5. The first-order valence-corrected chi connectivity index (χ1v) is 7.69. The first kappa shape index (κ1) is 12.8. The number of hydrogen-bond donors (Lipinski definition) is 1. The highest BCUT2D eigenvalue weighted by Gasteiger charge is 2.27. The lowest BCUT2D eigenvalue weighted by Gasteiger charge is -2.07. The molecule has 0 bridgehead atoms. The van der Waals surface area contributed by atoms with E-state index < -0.39 is 0 Å². The van der Waals surface area contributed by atoms with Gasteiger partial charge in [-0.25, -0.2) is 4.98 Å². The van der Waals surface area contributed by atoms with Gasteiger partial charge in [0, 0.05) is 34.2 Å². The van der Waals surface area contributed by atoms with E-state index in [1.807, 2.05) is 18.2 Å². The maximum absolute atomic E-state index is 5.35. The normalized spacial score (nSPS) is 14.5. The smallest absolute Gasteiger partial charge is 0.156 e. The molecule has 0 unspecified atom stereocenters. The van der Waals surface area contributed by atoms with Crippen molar-refractivity contribution in [2.24, 2.45) is 0 Å². The van der Waals surface area contributed by atoms with Gasteiger partial charge in [0.05, 0.1) is 12.2 Å². The molecule has 1 aliphatic carbocycles. The molecule has 5 nitrogen and oxygen atoms in total. The molecule has 0 aromatic carbocycles. The first-order chi connectivity index (χ1) is 10.3. The van der Waals surface area contributed by atoms with Crippen LogP contribution in [0.1, 0.15) is 30.2 Å². The molecule has 0 atom stereocenters. The molecule has 106 valence electrons. The van der Waals surface area contributed by atoms with E-state index in [2.05, 4.69) is 36.4 Å². The zero-order valence-corrected chi connectivity index (χ0v) is 12.8. The first-order valence-electron chi connectivity index (χ1n) is 6.90. The number of rotatable bonds is 4. The number of fused-ring (bicyclic) bond motifs is 1. The molecule has 1 N–H and O–H groups in total. The molecule has 1 saturated carbocycles. The van der Waals surface area contributed by atoms with Crippen molar-refractivity contribution in [1.29, 1.82) is 0 Å². The molecule has 1 aliphatic rings. The minimum Gasteiger partial charge on any atom is -0.361 e. The van der Waals surface area contributed by atoms with E-state index in [4.69, 9.17) is 4.52 Å². The minimum atomic E-state index is 0.556. The summed E-state index contributed by atoms with van der Waals surface area (Å²) in [5.74, 6) is 2.18. The number of nitrogens with zero attached hydrogens (tertiary/aromatic N) is 3. The molecular formula is C15H13BrN4O. The van der Waals surface area contributed by atoms with Crippen LogP contribution in [0.15, 0.2) is 39.6 Å². The monoisotopic (exact) mass is 344 g/mol. The standard InChI is InChI=1S/C15H13BrN4O/c16-12-8-19-15(14-11(12)2-1-5-17-14)18-7-10-6-13(20-21-10)9-3-4-9/h1-2,5-6,8-9H,3-4,7H2,(H,18,19). The van der Waals surface area contributed by atoms with E-state index in [0.29, 0.717) is 12.5 Å². The Kier molecular flexibility index (Phi) is 3.11. The van der Waals surface area contributed by atoms with E-state index in [9.17, 15) is 0 Å². The van der Waals surface area contributed by atoms with Crippen LogP contribution in [0.4, 0.5) is 5.82 Å². The van der Waals surface area contributed by atoms with E-state index in [1.54, 1.807) is 12.4 Å². The second-order valence-corrected chi connectivity index (χ2v) is 6.05. The summed E-state index contributed by atoms with van der Waals surface area (Å²) < 4.78 is 6.29. The Hall–Kier alpha value is -1.95. The van der Waals surface area contributed by atoms with Crippen LogP contribution in [0.5, 0.6) is 0 Å². The van der Waals surface area contributed by atoms with Crippen LogP contribution in [0.25, 0.3) is 10.9 Å². The molecule has 4 rings (SSSR count). The lowest BCUT2D eigenvalue weighted by molar-refractivity contribution is 0.381. The number of halogens is 1. The van der Waals surface area contributed by atoms with Crippen molar-refractivity contribution < 1.29 is 4.52 Å². The van der Waals surface area contributed by atoms with Crippen molar-refractivity contribution in [2.45, 2.75) is 25.3 Å². The molecular weight excluding hydrogens is 332 g/mol. The van der Waals surface area contributed by atoms with Gasteiger partial charge in [-0.3, -0.25) is 4.98 Å². The lowest BCUT2D eigenvalue weighted by Crippen LogP contribution is -2.02. The van der Waals surface area contributed by atoms with Crippen molar-refractivity contribution in [3.63, 3.8) is 0 Å². The van der Waals surface area contributed by atoms with E-state index >= 15 is 0 Å². The van der Waals surface area contributed by atoms with Gasteiger partial charge in [0.2, 0.25) is 0 Å². The average molecular weight is 345 g/mol. The van der Waals surface area contributed by atoms with Crippen LogP contribution >= 0.6 is 15.9 Å². The quantitative estimate of drug-likeness (QED) is 0.778. The molecule has 0 saturated heterocycles. The van der Waals surface area contributed by atoms with Gasteiger partial charge in [0.1, 0.15) is 5.52 Å². The Bertz CT molecular complexity index is 797. The predicted molar refractivity (Wildman–Crippen MR) is 83.0 cm³/mol. The SMILES string of the molecule is Brc1cnc(NCc2cc(C3CC3)no2)c2ncccc12. The zero-order chi connectivity index (χ0) is 14.2. The van der Waals surface area contributed by atoms with Gasteiger partial charge in [-0.2, -0.15) is 0 Å². The Morgan fingerprint density at radius 3 is 3.10 bits per heavy atom. The van der Waals surface area contributed by atoms with Crippen LogP contribution in [-0.4, -0.2) is 15.1 Å². The van der Waals surface area contributed by atoms with Crippen molar-refractivity contribution >= 4 is 32.7 Å². The van der Waals surface area contributed by atoms with Crippen LogP contribution in [0, 0.1) is 0 Å². The van der Waals surface area contributed by atoms with Crippen LogP contribution in [0.2, 0.25) is 0 Å². The third-order valence-electron chi connectivity index (χ3n) is 3.60. The van der Waals surface area contributed by atoms with E-state index in [-0.39, 0.29) is 0 Å². The van der Waals surface area contributed by atoms with Crippen LogP contribution in [0.3, 0.4) is 0 Å². The number of aromatic nitrogens is 3. The second kappa shape index (κ2) is 5.11. The number of pyridine rings is 2. The van der Waals surface area contributed by atoms with Crippen molar-refractivity contribution in [3.8, 4) is 0 Å². The second-order valence-electron chi connectivity index (χ2n) is 5.20. The summed E-state index contributed by atoms with van der Waals surface area (Å²) in [4.78, 5) is 8.79. The summed E-state index contributed by atoms with van der Waals surface area (Å²) in [5, 5.41) is 8.42. The summed E-state index contributed by atoms with van der Waals surface area (Å²) in [5.41, 5.74) is 1.91. The molecule has 3 heterocycles. The Labute approximate surface area is 129 Å². The number of anilines is 1. The fraction of sp³-hybridized carbons (Fsp3) is 0.267. The van der Waals surface area contributed by atoms with Gasteiger partial charge in [-0.15, -0.1) is 0 Å². The largest absolute Gasteiger partial charge is 0.361 e. The summed E-state index contributed by atoms with van der Waals surface area (Å²) in [6.45, 7) is 0.556. The summed E-state index contributed by atoms with van der Waals surface area (Å²) in [6, 6.07) is 5.95. The summed E-state index contributed by atoms with van der Waals surface area (Å²) in [7, 11) is 0. The Balaban J connectivity index is 1.57. The fourth-order valence-corrected chi connectivity index (χ4v) is 2.74. The highest BCUT2D eigenvalue weighted by Crippen LogP contribution is 2.39. The van der Waals surface area contributed by atoms with Gasteiger partial charge in [-0.1, -0.05) is 5.16 Å². The van der Waals surface area contributed by atoms with Gasteiger partial charge in [0.25, 0.3) is 0 Å². The van der Waals surface area contributed by atoms with Crippen LogP contribution in [-0.2, 0) is 6.54 Å². The van der Waals surface area contributed by atoms with Crippen molar-refractivity contribution in [2.75, 3.05) is 5.32 Å². The predicted octanol–water partition coefficient (Wildman–Crippen LogP) is 3.87. The van der Waals surface area contributed by atoms with Crippen molar-refractivity contribution in [1.82, 2.24) is 15.1 Å². The summed E-state index contributed by atoms with van der Waals surface area (Å²) in [6.07, 6.45) is 5.99. The molecule has 0 radical (unpaired) electrons. The fourth-order valence-electron chi connectivity index (χ4n) is 2.32. The Morgan fingerprint density at radius 1 is 1.33 bits per heavy atom. The minimum absolute atomic E-state index is 0.556. The maximum Gasteiger partial charge on any atom is 0.156 e. The number of nitrogens with one attached hydrogen (secondary N) is 1.